The number of carbonyl (C=O) groups is 1. The first-order valence-corrected chi connectivity index (χ1v) is 6.10. The predicted molar refractivity (Wildman–Crippen MR) is 52.6 cm³/mol. The van der Waals surface area contributed by atoms with E-state index in [2.05, 4.69) is 0 Å². The molecule has 0 aromatic rings. The van der Waals surface area contributed by atoms with Gasteiger partial charge in [-0.1, -0.05) is 0 Å². The van der Waals surface area contributed by atoms with Crippen LogP contribution >= 0.6 is 0 Å². The van der Waals surface area contributed by atoms with Gasteiger partial charge in [0.15, 0.2) is 0 Å². The summed E-state index contributed by atoms with van der Waals surface area (Å²) in [6.45, 7) is 0. The van der Waals surface area contributed by atoms with Gasteiger partial charge in [-0.2, -0.15) is 74.6 Å². The molecule has 0 bridgehead atoms. The lowest BCUT2D eigenvalue weighted by Crippen LogP contribution is -2.75. The largest absolute Gasteiger partial charge is 0.481 e. The Morgan fingerprint density at radius 1 is 0.483 bits per heavy atom. The second-order valence-corrected chi connectivity index (χ2v) is 5.27. The molecule has 0 saturated carbocycles. The second kappa shape index (κ2) is 6.64. The zero-order valence-electron chi connectivity index (χ0n) is 12.5. The first-order valence-electron chi connectivity index (χ1n) is 6.10. The molecule has 0 aliphatic heterocycles. The number of carboxylic acid groups (broad SMARTS) is 1. The van der Waals surface area contributed by atoms with Crippen LogP contribution in [0, 0.1) is 5.41 Å². The predicted octanol–water partition coefficient (Wildman–Crippen LogP) is 5.68. The molecule has 1 N–H and O–H groups in total. The van der Waals surface area contributed by atoms with Crippen molar-refractivity contribution in [3.05, 3.63) is 0 Å². The van der Waals surface area contributed by atoms with Crippen molar-refractivity contribution in [1.29, 1.82) is 0 Å². The van der Waals surface area contributed by atoms with Crippen LogP contribution in [0.5, 0.6) is 0 Å². The lowest BCUT2D eigenvalue weighted by molar-refractivity contribution is -0.475. The maximum absolute atomic E-state index is 13.7. The van der Waals surface area contributed by atoms with Crippen molar-refractivity contribution in [2.45, 2.75) is 48.6 Å². The van der Waals surface area contributed by atoms with Crippen LogP contribution < -0.4 is 0 Å². The van der Waals surface area contributed by atoms with E-state index in [0.29, 0.717) is 0 Å². The summed E-state index contributed by atoms with van der Waals surface area (Å²) in [4.78, 5) is 10.2. The Labute approximate surface area is 146 Å². The van der Waals surface area contributed by atoms with E-state index in [4.69, 9.17) is 5.11 Å². The zero-order chi connectivity index (χ0) is 24.3. The van der Waals surface area contributed by atoms with E-state index in [1.165, 1.54) is 0 Å². The minimum atomic E-state index is -8.72. The van der Waals surface area contributed by atoms with E-state index >= 15 is 0 Å². The highest BCUT2D eigenvalue weighted by Crippen LogP contribution is 2.68. The molecule has 174 valence electrons. The summed E-state index contributed by atoms with van der Waals surface area (Å²) < 4.78 is 217. The van der Waals surface area contributed by atoms with Gasteiger partial charge in [0.25, 0.3) is 0 Å². The van der Waals surface area contributed by atoms with Gasteiger partial charge >= 0.3 is 48.2 Å². The van der Waals surface area contributed by atoms with Crippen LogP contribution in [0.1, 0.15) is 6.42 Å². The van der Waals surface area contributed by atoms with Crippen LogP contribution in [-0.4, -0.2) is 53.3 Å². The molecule has 0 radical (unpaired) electrons. The quantitative estimate of drug-likeness (QED) is 0.500. The summed E-state index contributed by atoms with van der Waals surface area (Å²) in [6.07, 6.45) is -27.8. The third-order valence-electron chi connectivity index (χ3n) is 3.46. The van der Waals surface area contributed by atoms with E-state index in [1.54, 1.807) is 0 Å². The van der Waals surface area contributed by atoms with Gasteiger partial charge < -0.3 is 5.11 Å². The molecule has 0 saturated heterocycles. The topological polar surface area (TPSA) is 37.3 Å². The molecule has 0 fully saturated rings. The van der Waals surface area contributed by atoms with E-state index in [-0.39, 0.29) is 0 Å². The summed E-state index contributed by atoms with van der Waals surface area (Å²) in [5.41, 5.74) is -7.69. The Hall–Kier alpha value is -1.72. The lowest BCUT2D eigenvalue weighted by Gasteiger charge is -2.46. The highest BCUT2D eigenvalue weighted by atomic mass is 19.4. The monoisotopic (exact) mass is 478 g/mol. The fraction of sp³-hybridized carbons (Fsp3) is 0.900. The normalized spacial score (nSPS) is 16.2. The molecule has 0 atom stereocenters. The number of hydrogen-bond acceptors (Lipinski definition) is 1. The van der Waals surface area contributed by atoms with Gasteiger partial charge in [-0.15, -0.1) is 0 Å². The molecular weight excluding hydrogens is 475 g/mol. The van der Waals surface area contributed by atoms with Crippen molar-refractivity contribution in [3.8, 4) is 0 Å². The number of halogens is 17. The number of hydrogen-bond donors (Lipinski definition) is 1. The Kier molecular flexibility index (Phi) is 6.25. The van der Waals surface area contributed by atoms with Crippen molar-refractivity contribution in [2.24, 2.45) is 5.41 Å². The Balaban J connectivity index is 7.28. The molecule has 0 amide bonds. The van der Waals surface area contributed by atoms with Crippen LogP contribution in [-0.2, 0) is 4.79 Å². The molecule has 0 heterocycles. The highest BCUT2D eigenvalue weighted by molar-refractivity contribution is 5.68. The minimum Gasteiger partial charge on any atom is -0.481 e. The molecule has 0 aliphatic rings. The molecule has 0 spiro atoms. The van der Waals surface area contributed by atoms with Gasteiger partial charge in [-0.25, -0.2) is 0 Å². The van der Waals surface area contributed by atoms with Crippen molar-refractivity contribution < 1.29 is 84.5 Å². The van der Waals surface area contributed by atoms with E-state index in [1.807, 2.05) is 0 Å². The molecule has 0 rings (SSSR count). The third-order valence-corrected chi connectivity index (χ3v) is 3.46. The first kappa shape index (κ1) is 27.3. The number of alkyl halides is 17. The van der Waals surface area contributed by atoms with Crippen LogP contribution in [0.15, 0.2) is 0 Å². The van der Waals surface area contributed by atoms with Gasteiger partial charge in [0, 0.05) is 0 Å². The summed E-state index contributed by atoms with van der Waals surface area (Å²) in [7, 11) is 0. The van der Waals surface area contributed by atoms with Gasteiger partial charge in [-0.3, -0.25) is 4.79 Å². The van der Waals surface area contributed by atoms with Crippen LogP contribution in [0.3, 0.4) is 0 Å². The van der Waals surface area contributed by atoms with Crippen molar-refractivity contribution >= 4 is 5.97 Å². The molecule has 29 heavy (non-hydrogen) atoms. The van der Waals surface area contributed by atoms with Gasteiger partial charge in [-0.05, 0) is 0 Å². The zero-order valence-corrected chi connectivity index (χ0v) is 12.5. The summed E-state index contributed by atoms with van der Waals surface area (Å²) in [6, 6.07) is 0. The maximum atomic E-state index is 13.7. The number of aliphatic carboxylic acids is 1. The van der Waals surface area contributed by atoms with Crippen molar-refractivity contribution in [1.82, 2.24) is 0 Å². The highest BCUT2D eigenvalue weighted by Gasteiger charge is 2.96. The third kappa shape index (κ3) is 3.53. The van der Waals surface area contributed by atoms with Crippen LogP contribution in [0.25, 0.3) is 0 Å². The molecule has 19 heteroatoms. The smallest absolute Gasteiger partial charge is 0.460 e. The molecule has 2 nitrogen and oxygen atoms in total. The van der Waals surface area contributed by atoms with Crippen molar-refractivity contribution in [3.63, 3.8) is 0 Å². The minimum absolute atomic E-state index is 3.61. The van der Waals surface area contributed by atoms with Crippen molar-refractivity contribution in [2.75, 3.05) is 0 Å². The fourth-order valence-corrected chi connectivity index (χ4v) is 1.90. The molecule has 0 unspecified atom stereocenters. The van der Waals surface area contributed by atoms with Crippen LogP contribution in [0.4, 0.5) is 74.6 Å². The molecule has 0 aromatic carbocycles. The van der Waals surface area contributed by atoms with E-state index in [9.17, 15) is 79.4 Å². The average Bonchev–Trinajstić information content (AvgIpc) is 2.39. The number of rotatable bonds is 6. The Morgan fingerprint density at radius 2 is 0.759 bits per heavy atom. The van der Waals surface area contributed by atoms with E-state index in [0.717, 1.165) is 0 Å². The lowest BCUT2D eigenvalue weighted by atomic mass is 9.71. The Bertz CT molecular complexity index is 608. The SMILES string of the molecule is O=C(O)CC(C(F)(F)F)(C(F)(F)F)C(F)(F)C(F)(F)C(F)(F)C(F)(F)C(F)(F)F. The molecule has 0 aliphatic carbocycles. The average molecular weight is 478 g/mol. The Morgan fingerprint density at radius 3 is 0.966 bits per heavy atom. The summed E-state index contributed by atoms with van der Waals surface area (Å²) in [5, 5.41) is 8.00. The van der Waals surface area contributed by atoms with Gasteiger partial charge in [0.05, 0.1) is 6.42 Å². The fourth-order valence-electron chi connectivity index (χ4n) is 1.90. The first-order chi connectivity index (χ1) is 12.2. The summed E-state index contributed by atoms with van der Waals surface area (Å²) in [5.74, 6) is -37.8. The standard InChI is InChI=1S/C10H3F17O2/c11-4(12,3(1-2(28)29,8(19,20)21)9(22,23)24)5(13,14)6(15,16)7(17,18)10(25,26)27/h1H2,(H,28,29). The maximum Gasteiger partial charge on any atom is 0.460 e. The van der Waals surface area contributed by atoms with E-state index < -0.39 is 60.0 Å². The second-order valence-electron chi connectivity index (χ2n) is 5.27. The van der Waals surface area contributed by atoms with Gasteiger partial charge in [0.1, 0.15) is 0 Å². The van der Waals surface area contributed by atoms with Crippen LogP contribution in [0.2, 0.25) is 0 Å². The van der Waals surface area contributed by atoms with Gasteiger partial charge in [0.2, 0.25) is 5.41 Å². The number of carboxylic acids is 1. The summed E-state index contributed by atoms with van der Waals surface area (Å²) >= 11 is 0. The molecular formula is C10H3F17O2. The molecule has 0 aromatic heterocycles.